The first-order valence-electron chi connectivity index (χ1n) is 10.00. The van der Waals surface area contributed by atoms with Crippen LogP contribution >= 0.6 is 23.4 Å². The van der Waals surface area contributed by atoms with E-state index in [0.717, 1.165) is 4.42 Å². The predicted octanol–water partition coefficient (Wildman–Crippen LogP) is 5.38. The van der Waals surface area contributed by atoms with Crippen molar-refractivity contribution in [1.82, 2.24) is 0 Å². The lowest BCUT2D eigenvalue weighted by Crippen LogP contribution is -2.36. The highest BCUT2D eigenvalue weighted by atomic mass is 35.5. The zero-order valence-corrected chi connectivity index (χ0v) is 20.4. The Balaban J connectivity index is 2.42. The predicted molar refractivity (Wildman–Crippen MR) is 126 cm³/mol. The van der Waals surface area contributed by atoms with Gasteiger partial charge in [-0.05, 0) is 45.0 Å². The van der Waals surface area contributed by atoms with Crippen molar-refractivity contribution in [1.29, 1.82) is 0 Å². The Morgan fingerprint density at radius 2 is 1.70 bits per heavy atom. The number of nitrogens with zero attached hydrogens (tertiary/aromatic N) is 3. The van der Waals surface area contributed by atoms with Crippen molar-refractivity contribution in [3.8, 4) is 23.0 Å². The number of amides is 1. The molecule has 0 aliphatic heterocycles. The van der Waals surface area contributed by atoms with Crippen LogP contribution in [0.25, 0.3) is 0 Å². The number of ether oxygens (including phenoxy) is 4. The third kappa shape index (κ3) is 6.27. The number of azo groups is 1. The van der Waals surface area contributed by atoms with Gasteiger partial charge in [0.15, 0.2) is 17.3 Å². The van der Waals surface area contributed by atoms with Gasteiger partial charge in [0.25, 0.3) is 5.91 Å². The monoisotopic (exact) mass is 497 g/mol. The molecule has 33 heavy (non-hydrogen) atoms. The highest BCUT2D eigenvalue weighted by Crippen LogP contribution is 2.42. The minimum absolute atomic E-state index is 0.203. The smallest absolute Gasteiger partial charge is 0.276 e. The van der Waals surface area contributed by atoms with E-state index in [1.165, 1.54) is 33.3 Å². The van der Waals surface area contributed by atoms with Crippen molar-refractivity contribution >= 4 is 46.4 Å². The number of halogens is 2. The summed E-state index contributed by atoms with van der Waals surface area (Å²) in [6.45, 7) is 5.59. The number of hydrogen-bond donors (Lipinski definition) is 0. The van der Waals surface area contributed by atoms with E-state index in [4.69, 9.17) is 42.3 Å². The first kappa shape index (κ1) is 26.2. The van der Waals surface area contributed by atoms with Crippen LogP contribution in [-0.4, -0.2) is 45.2 Å². The molecule has 0 radical (unpaired) electrons. The first-order valence-corrected chi connectivity index (χ1v) is 10.7. The van der Waals surface area contributed by atoms with Gasteiger partial charge in [-0.2, -0.15) is 10.2 Å². The van der Waals surface area contributed by atoms with Crippen molar-refractivity contribution < 1.29 is 28.5 Å². The molecule has 11 heteroatoms. The molecule has 1 amide bonds. The van der Waals surface area contributed by atoms with E-state index >= 15 is 0 Å². The summed E-state index contributed by atoms with van der Waals surface area (Å²) in [7, 11) is 2.83. The van der Waals surface area contributed by atoms with E-state index in [0.29, 0.717) is 29.7 Å². The Labute approximate surface area is 202 Å². The molecule has 0 bridgehead atoms. The summed E-state index contributed by atoms with van der Waals surface area (Å²) in [5.74, 6) is -0.111. The van der Waals surface area contributed by atoms with Crippen molar-refractivity contribution in [2.45, 2.75) is 26.8 Å². The SMILES string of the molecule is CCOc1ccc(OCC)c(N(Cl)C(=O)C(N=Nc2ccc(Cl)c(OC)c2OC)C(C)=O)c1. The van der Waals surface area contributed by atoms with Crippen LogP contribution in [0.4, 0.5) is 11.4 Å². The maximum Gasteiger partial charge on any atom is 0.276 e. The van der Waals surface area contributed by atoms with Crippen molar-refractivity contribution in [2.24, 2.45) is 10.2 Å². The number of carbonyl (C=O) groups excluding carboxylic acids is 2. The van der Waals surface area contributed by atoms with E-state index in [9.17, 15) is 9.59 Å². The molecule has 2 aromatic rings. The van der Waals surface area contributed by atoms with E-state index in [1.54, 1.807) is 25.1 Å². The number of Topliss-reactive ketones (excluding diaryl/α,β-unsaturated/α-hetero) is 1. The van der Waals surface area contributed by atoms with E-state index in [1.807, 2.05) is 6.92 Å². The number of anilines is 1. The number of hydrogen-bond acceptors (Lipinski definition) is 8. The second-order valence-electron chi connectivity index (χ2n) is 6.48. The zero-order valence-electron chi connectivity index (χ0n) is 18.9. The largest absolute Gasteiger partial charge is 0.494 e. The van der Waals surface area contributed by atoms with Gasteiger partial charge in [0.2, 0.25) is 6.04 Å². The topological polar surface area (TPSA) is 99.0 Å². The van der Waals surface area contributed by atoms with Crippen molar-refractivity contribution in [2.75, 3.05) is 31.9 Å². The Kier molecular flexibility index (Phi) is 9.74. The van der Waals surface area contributed by atoms with Crippen LogP contribution in [-0.2, 0) is 9.59 Å². The third-order valence-corrected chi connectivity index (χ3v) is 4.94. The normalized spacial score (nSPS) is 11.7. The van der Waals surface area contributed by atoms with Crippen molar-refractivity contribution in [3.63, 3.8) is 0 Å². The molecule has 0 aliphatic carbocycles. The van der Waals surface area contributed by atoms with Gasteiger partial charge in [-0.25, -0.2) is 4.42 Å². The van der Waals surface area contributed by atoms with Crippen LogP contribution in [0, 0.1) is 0 Å². The Morgan fingerprint density at radius 1 is 1.03 bits per heavy atom. The van der Waals surface area contributed by atoms with E-state index in [2.05, 4.69) is 10.2 Å². The molecular weight excluding hydrogens is 473 g/mol. The third-order valence-electron chi connectivity index (χ3n) is 4.30. The molecule has 178 valence electrons. The van der Waals surface area contributed by atoms with Gasteiger partial charge in [-0.1, -0.05) is 11.6 Å². The zero-order chi connectivity index (χ0) is 24.5. The lowest BCUT2D eigenvalue weighted by Gasteiger charge is -2.20. The minimum atomic E-state index is -1.51. The van der Waals surface area contributed by atoms with E-state index < -0.39 is 17.7 Å². The molecule has 0 aromatic heterocycles. The van der Waals surface area contributed by atoms with Gasteiger partial charge in [0, 0.05) is 17.8 Å². The molecule has 9 nitrogen and oxygen atoms in total. The standard InChI is InChI=1S/C22H25Cl2N3O6/c1-6-32-14-8-11-18(33-7-2)17(12-14)27(24)22(29)19(13(3)28)26-25-16-10-9-15(23)20(30-4)21(16)31-5/h8-12,19H,6-7H2,1-5H3. The fraction of sp³-hybridized carbons (Fsp3) is 0.364. The van der Waals surface area contributed by atoms with Gasteiger partial charge < -0.3 is 18.9 Å². The lowest BCUT2D eigenvalue weighted by molar-refractivity contribution is -0.126. The maximum atomic E-state index is 13.1. The van der Waals surface area contributed by atoms with Crippen LogP contribution in [0.2, 0.25) is 5.02 Å². The Hall–Kier alpha value is -3.04. The van der Waals surface area contributed by atoms with Gasteiger partial charge >= 0.3 is 0 Å². The van der Waals surface area contributed by atoms with Crippen molar-refractivity contribution in [3.05, 3.63) is 35.4 Å². The summed E-state index contributed by atoms with van der Waals surface area (Å²) >= 11 is 12.4. The highest BCUT2D eigenvalue weighted by molar-refractivity contribution is 6.39. The molecule has 0 saturated carbocycles. The van der Waals surface area contributed by atoms with Crippen LogP contribution in [0.5, 0.6) is 23.0 Å². The second-order valence-corrected chi connectivity index (χ2v) is 7.22. The van der Waals surface area contributed by atoms with Gasteiger partial charge in [0.1, 0.15) is 22.9 Å². The lowest BCUT2D eigenvalue weighted by atomic mass is 10.2. The molecule has 0 N–H and O–H groups in total. The molecule has 1 unspecified atom stereocenters. The molecule has 0 fully saturated rings. The van der Waals surface area contributed by atoms with Gasteiger partial charge in [0.05, 0.1) is 32.5 Å². The molecule has 2 rings (SSSR count). The minimum Gasteiger partial charge on any atom is -0.494 e. The van der Waals surface area contributed by atoms with Crippen LogP contribution in [0.3, 0.4) is 0 Å². The van der Waals surface area contributed by atoms with Crippen LogP contribution in [0.15, 0.2) is 40.6 Å². The number of methoxy groups -OCH3 is 2. The van der Waals surface area contributed by atoms with E-state index in [-0.39, 0.29) is 22.9 Å². The number of benzene rings is 2. The summed E-state index contributed by atoms with van der Waals surface area (Å²) < 4.78 is 22.3. The Morgan fingerprint density at radius 3 is 2.27 bits per heavy atom. The molecule has 0 aliphatic rings. The average molecular weight is 498 g/mol. The highest BCUT2D eigenvalue weighted by Gasteiger charge is 2.31. The summed E-state index contributed by atoms with van der Waals surface area (Å²) in [6, 6.07) is 6.40. The van der Waals surface area contributed by atoms with Gasteiger partial charge in [-0.3, -0.25) is 9.59 Å². The number of carbonyl (C=O) groups is 2. The number of rotatable bonds is 11. The number of ketones is 1. The first-order chi connectivity index (χ1) is 15.8. The van der Waals surface area contributed by atoms with Crippen LogP contribution in [0.1, 0.15) is 20.8 Å². The second kappa shape index (κ2) is 12.3. The summed E-state index contributed by atoms with van der Waals surface area (Å²) in [4.78, 5) is 25.4. The molecule has 1 atom stereocenters. The molecular formula is C22H25Cl2N3O6. The Bertz CT molecular complexity index is 1030. The molecule has 2 aromatic carbocycles. The molecule has 0 spiro atoms. The maximum absolute atomic E-state index is 13.1. The molecule has 0 heterocycles. The quantitative estimate of drug-likeness (QED) is 0.234. The summed E-state index contributed by atoms with van der Waals surface area (Å²) in [5.41, 5.74) is 0.425. The van der Waals surface area contributed by atoms with Gasteiger partial charge in [-0.15, -0.1) is 0 Å². The summed E-state index contributed by atoms with van der Waals surface area (Å²) in [5, 5.41) is 8.27. The average Bonchev–Trinajstić information content (AvgIpc) is 2.80. The fourth-order valence-corrected chi connectivity index (χ4v) is 3.28. The fourth-order valence-electron chi connectivity index (χ4n) is 2.83. The van der Waals surface area contributed by atoms with Crippen LogP contribution < -0.4 is 23.4 Å². The summed E-state index contributed by atoms with van der Waals surface area (Å²) in [6.07, 6.45) is 0. The molecule has 0 saturated heterocycles.